The molecule has 1 unspecified atom stereocenters. The van der Waals surface area contributed by atoms with Gasteiger partial charge in [-0.3, -0.25) is 0 Å². The van der Waals surface area contributed by atoms with Crippen molar-refractivity contribution in [1.82, 2.24) is 0 Å². The molecule has 1 saturated heterocycles. The van der Waals surface area contributed by atoms with Gasteiger partial charge in [0.05, 0.1) is 17.4 Å². The van der Waals surface area contributed by atoms with Gasteiger partial charge >= 0.3 is 5.97 Å². The summed E-state index contributed by atoms with van der Waals surface area (Å²) >= 11 is 1.48. The van der Waals surface area contributed by atoms with Crippen LogP contribution in [-0.2, 0) is 4.74 Å². The fourth-order valence-electron chi connectivity index (χ4n) is 2.75. The summed E-state index contributed by atoms with van der Waals surface area (Å²) in [4.78, 5) is 14.6. The van der Waals surface area contributed by atoms with Crippen LogP contribution in [0, 0.1) is 0 Å². The number of carbonyl (C=O) groups is 1. The number of benzene rings is 1. The van der Waals surface area contributed by atoms with Crippen molar-refractivity contribution in [3.05, 3.63) is 23.8 Å². The first-order chi connectivity index (χ1) is 10.2. The molecule has 0 aromatic heterocycles. The minimum Gasteiger partial charge on any atom is -0.478 e. The number of rotatable bonds is 6. The van der Waals surface area contributed by atoms with Crippen molar-refractivity contribution in [3.63, 3.8) is 0 Å². The third kappa shape index (κ3) is 3.92. The van der Waals surface area contributed by atoms with Gasteiger partial charge in [-0.25, -0.2) is 4.79 Å². The first kappa shape index (κ1) is 16.2. The predicted molar refractivity (Wildman–Crippen MR) is 86.7 cm³/mol. The molecule has 0 amide bonds. The lowest BCUT2D eigenvalue weighted by molar-refractivity contribution is 0.0439. The van der Waals surface area contributed by atoms with Crippen molar-refractivity contribution in [2.24, 2.45) is 0 Å². The molecule has 1 atom stereocenters. The minimum absolute atomic E-state index is 0.207. The van der Waals surface area contributed by atoms with Gasteiger partial charge in [-0.05, 0) is 37.7 Å². The minimum atomic E-state index is -0.855. The molecule has 4 nitrogen and oxygen atoms in total. The van der Waals surface area contributed by atoms with Crippen LogP contribution in [0.15, 0.2) is 23.1 Å². The summed E-state index contributed by atoms with van der Waals surface area (Å²) in [6.07, 6.45) is 5.23. The molecule has 0 aliphatic carbocycles. The second kappa shape index (κ2) is 7.71. The maximum Gasteiger partial charge on any atom is 0.338 e. The van der Waals surface area contributed by atoms with Crippen molar-refractivity contribution in [2.45, 2.75) is 37.2 Å². The molecule has 5 heteroatoms. The van der Waals surface area contributed by atoms with Crippen LogP contribution >= 0.6 is 11.8 Å². The van der Waals surface area contributed by atoms with Gasteiger partial charge in [0.1, 0.15) is 0 Å². The highest BCUT2D eigenvalue weighted by molar-refractivity contribution is 7.98. The first-order valence-corrected chi connectivity index (χ1v) is 8.66. The van der Waals surface area contributed by atoms with E-state index >= 15 is 0 Å². The average molecular weight is 309 g/mol. The molecule has 0 radical (unpaired) electrons. The maximum absolute atomic E-state index is 11.6. The zero-order valence-electron chi connectivity index (χ0n) is 12.7. The molecule has 1 aromatic carbocycles. The Morgan fingerprint density at radius 3 is 3.00 bits per heavy atom. The molecule has 0 bridgehead atoms. The fraction of sp³-hybridized carbons (Fsp3) is 0.562. The molecular weight excluding hydrogens is 286 g/mol. The molecular formula is C16H23NO3S. The van der Waals surface area contributed by atoms with Crippen LogP contribution in [0.3, 0.4) is 0 Å². The lowest BCUT2D eigenvalue weighted by Crippen LogP contribution is -2.40. The van der Waals surface area contributed by atoms with Gasteiger partial charge in [0.15, 0.2) is 0 Å². The molecule has 1 aliphatic rings. The van der Waals surface area contributed by atoms with E-state index in [1.54, 1.807) is 0 Å². The number of thioether (sulfide) groups is 1. The van der Waals surface area contributed by atoms with Crippen molar-refractivity contribution in [3.8, 4) is 0 Å². The number of anilines is 1. The fourth-order valence-corrected chi connectivity index (χ4v) is 3.36. The number of ether oxygens (including phenoxy) is 1. The van der Waals surface area contributed by atoms with Crippen LogP contribution in [0.2, 0.25) is 0 Å². The van der Waals surface area contributed by atoms with Crippen LogP contribution in [-0.4, -0.2) is 43.1 Å². The van der Waals surface area contributed by atoms with Crippen LogP contribution in [0.25, 0.3) is 0 Å². The second-order valence-corrected chi connectivity index (χ2v) is 6.09. The van der Waals surface area contributed by atoms with Gasteiger partial charge in [-0.2, -0.15) is 0 Å². The molecule has 0 spiro atoms. The quantitative estimate of drug-likeness (QED) is 0.815. The van der Waals surface area contributed by atoms with Crippen LogP contribution < -0.4 is 4.90 Å². The number of carboxylic acid groups (broad SMARTS) is 1. The lowest BCUT2D eigenvalue weighted by Gasteiger charge is -2.35. The number of carboxylic acids is 1. The van der Waals surface area contributed by atoms with Crippen molar-refractivity contribution in [2.75, 3.05) is 30.9 Å². The van der Waals surface area contributed by atoms with E-state index in [0.717, 1.165) is 49.5 Å². The maximum atomic E-state index is 11.6. The highest BCUT2D eigenvalue weighted by Gasteiger charge is 2.25. The number of hydrogen-bond donors (Lipinski definition) is 1. The van der Waals surface area contributed by atoms with Gasteiger partial charge in [0.2, 0.25) is 0 Å². The van der Waals surface area contributed by atoms with Gasteiger partial charge in [0.25, 0.3) is 0 Å². The number of aromatic carboxylic acids is 1. The number of hydrogen-bond acceptors (Lipinski definition) is 4. The van der Waals surface area contributed by atoms with Gasteiger partial charge in [0, 0.05) is 24.6 Å². The van der Waals surface area contributed by atoms with E-state index in [2.05, 4.69) is 11.8 Å². The molecule has 1 heterocycles. The Morgan fingerprint density at radius 2 is 2.33 bits per heavy atom. The topological polar surface area (TPSA) is 49.8 Å². The standard InChI is InChI=1S/C16H23NO3S/c1-3-10-20-12-6-5-9-17(11-12)13-7-4-8-14(21-2)15(13)16(18)19/h4,7-8,12H,3,5-6,9-11H2,1-2H3,(H,18,19). The summed E-state index contributed by atoms with van der Waals surface area (Å²) in [6, 6.07) is 5.71. The Kier molecular flexibility index (Phi) is 5.94. The average Bonchev–Trinajstić information content (AvgIpc) is 2.52. The van der Waals surface area contributed by atoms with Crippen LogP contribution in [0.5, 0.6) is 0 Å². The monoisotopic (exact) mass is 309 g/mol. The van der Waals surface area contributed by atoms with E-state index < -0.39 is 5.97 Å². The Labute approximate surface area is 130 Å². The Hall–Kier alpha value is -1.20. The normalized spacial score (nSPS) is 18.8. The molecule has 116 valence electrons. The lowest BCUT2D eigenvalue weighted by atomic mass is 10.0. The predicted octanol–water partition coefficient (Wildman–Crippen LogP) is 3.50. The van der Waals surface area contributed by atoms with Crippen LogP contribution in [0.4, 0.5) is 5.69 Å². The van der Waals surface area contributed by atoms with Gasteiger partial charge < -0.3 is 14.7 Å². The van der Waals surface area contributed by atoms with E-state index in [-0.39, 0.29) is 6.10 Å². The zero-order chi connectivity index (χ0) is 15.2. The highest BCUT2D eigenvalue weighted by Crippen LogP contribution is 2.31. The highest BCUT2D eigenvalue weighted by atomic mass is 32.2. The van der Waals surface area contributed by atoms with E-state index in [1.165, 1.54) is 11.8 Å². The Morgan fingerprint density at radius 1 is 1.52 bits per heavy atom. The molecule has 2 rings (SSSR count). The van der Waals surface area contributed by atoms with E-state index in [9.17, 15) is 9.90 Å². The summed E-state index contributed by atoms with van der Waals surface area (Å²) in [5, 5.41) is 9.54. The third-order valence-corrected chi connectivity index (χ3v) is 4.49. The van der Waals surface area contributed by atoms with Gasteiger partial charge in [-0.15, -0.1) is 11.8 Å². The van der Waals surface area contributed by atoms with Crippen molar-refractivity contribution >= 4 is 23.4 Å². The molecule has 1 N–H and O–H groups in total. The summed E-state index contributed by atoms with van der Waals surface area (Å²) in [5.41, 5.74) is 1.24. The van der Waals surface area contributed by atoms with Gasteiger partial charge in [-0.1, -0.05) is 13.0 Å². The van der Waals surface area contributed by atoms with E-state index in [0.29, 0.717) is 5.56 Å². The summed E-state index contributed by atoms with van der Waals surface area (Å²) in [7, 11) is 0. The summed E-state index contributed by atoms with van der Waals surface area (Å²) < 4.78 is 5.85. The van der Waals surface area contributed by atoms with Crippen LogP contribution in [0.1, 0.15) is 36.5 Å². The molecule has 0 saturated carbocycles. The number of piperidine rings is 1. The molecule has 1 fully saturated rings. The third-order valence-electron chi connectivity index (χ3n) is 3.71. The smallest absolute Gasteiger partial charge is 0.338 e. The zero-order valence-corrected chi connectivity index (χ0v) is 13.5. The molecule has 21 heavy (non-hydrogen) atoms. The number of nitrogens with zero attached hydrogens (tertiary/aromatic N) is 1. The molecule has 1 aliphatic heterocycles. The second-order valence-electron chi connectivity index (χ2n) is 5.24. The summed E-state index contributed by atoms with van der Waals surface area (Å²) in [5.74, 6) is -0.855. The first-order valence-electron chi connectivity index (χ1n) is 7.44. The largest absolute Gasteiger partial charge is 0.478 e. The molecule has 1 aromatic rings. The van der Waals surface area contributed by atoms with Crippen molar-refractivity contribution < 1.29 is 14.6 Å². The van der Waals surface area contributed by atoms with E-state index in [1.807, 2.05) is 24.5 Å². The van der Waals surface area contributed by atoms with E-state index in [4.69, 9.17) is 4.74 Å². The Balaban J connectivity index is 2.22. The SMILES string of the molecule is CCCOC1CCCN(c2cccc(SC)c2C(=O)O)C1. The van der Waals surface area contributed by atoms with Crippen molar-refractivity contribution in [1.29, 1.82) is 0 Å². The summed E-state index contributed by atoms with van der Waals surface area (Å²) in [6.45, 7) is 4.54. The Bertz CT molecular complexity index is 492.